The minimum Gasteiger partial charge on any atom is -0.349 e. The number of hydrogen-bond acceptors (Lipinski definition) is 3. The van der Waals surface area contributed by atoms with E-state index < -0.39 is 0 Å². The molecule has 0 bridgehead atoms. The molecule has 1 aliphatic rings. The van der Waals surface area contributed by atoms with E-state index in [1.807, 2.05) is 0 Å². The predicted octanol–water partition coefficient (Wildman–Crippen LogP) is 2.77. The Balaban J connectivity index is 1.55. The van der Waals surface area contributed by atoms with E-state index in [-0.39, 0.29) is 17.9 Å². The summed E-state index contributed by atoms with van der Waals surface area (Å²) in [4.78, 5) is 30.4. The maximum absolute atomic E-state index is 12.5. The monoisotopic (exact) mass is 343 g/mol. The lowest BCUT2D eigenvalue weighted by Gasteiger charge is -2.32. The van der Waals surface area contributed by atoms with E-state index in [0.717, 1.165) is 12.8 Å². The highest BCUT2D eigenvalue weighted by atomic mass is 35.5. The third kappa shape index (κ3) is 3.74. The fourth-order valence-corrected chi connectivity index (χ4v) is 3.02. The molecule has 2 aromatic rings. The lowest BCUT2D eigenvalue weighted by atomic mass is 10.0. The third-order valence-corrected chi connectivity index (χ3v) is 4.49. The van der Waals surface area contributed by atoms with E-state index in [4.69, 9.17) is 11.6 Å². The van der Waals surface area contributed by atoms with Crippen molar-refractivity contribution >= 4 is 23.4 Å². The van der Waals surface area contributed by atoms with Gasteiger partial charge in [0.1, 0.15) is 0 Å². The molecule has 0 atom stereocenters. The van der Waals surface area contributed by atoms with Crippen LogP contribution in [0.2, 0.25) is 5.02 Å². The van der Waals surface area contributed by atoms with E-state index in [0.29, 0.717) is 29.2 Å². The number of pyridine rings is 1. The highest BCUT2D eigenvalue weighted by Crippen LogP contribution is 2.20. The van der Waals surface area contributed by atoms with Crippen LogP contribution in [-0.4, -0.2) is 40.8 Å². The molecule has 0 unspecified atom stereocenters. The second-order valence-corrected chi connectivity index (χ2v) is 6.16. The summed E-state index contributed by atoms with van der Waals surface area (Å²) in [5.74, 6) is -0.159. The Morgan fingerprint density at radius 1 is 1.08 bits per heavy atom. The quantitative estimate of drug-likeness (QED) is 0.932. The third-order valence-electron chi connectivity index (χ3n) is 4.16. The summed E-state index contributed by atoms with van der Waals surface area (Å²) in [5, 5.41) is 3.48. The average Bonchev–Trinajstić information content (AvgIpc) is 2.63. The second-order valence-electron chi connectivity index (χ2n) is 5.76. The van der Waals surface area contributed by atoms with Gasteiger partial charge in [0.05, 0.1) is 10.6 Å². The number of rotatable bonds is 3. The number of nitrogens with zero attached hydrogens (tertiary/aromatic N) is 2. The number of benzene rings is 1. The smallest absolute Gasteiger partial charge is 0.255 e. The number of hydrogen-bond donors (Lipinski definition) is 1. The van der Waals surface area contributed by atoms with Crippen LogP contribution in [0.5, 0.6) is 0 Å². The molecule has 2 heterocycles. The lowest BCUT2D eigenvalue weighted by molar-refractivity contribution is 0.0698. The van der Waals surface area contributed by atoms with Crippen LogP contribution in [0.3, 0.4) is 0 Å². The van der Waals surface area contributed by atoms with E-state index in [2.05, 4.69) is 10.3 Å². The topological polar surface area (TPSA) is 62.3 Å². The zero-order valence-electron chi connectivity index (χ0n) is 13.1. The molecule has 2 amide bonds. The van der Waals surface area contributed by atoms with E-state index in [1.165, 1.54) is 0 Å². The van der Waals surface area contributed by atoms with Gasteiger partial charge in [-0.1, -0.05) is 23.7 Å². The SMILES string of the molecule is O=C(NC1CCN(C(=O)c2ccccc2Cl)CC1)c1ccncc1. The van der Waals surface area contributed by atoms with Crippen molar-refractivity contribution in [1.82, 2.24) is 15.2 Å². The minimum atomic E-state index is -0.103. The first-order valence-corrected chi connectivity index (χ1v) is 8.27. The van der Waals surface area contributed by atoms with Gasteiger partial charge in [0.25, 0.3) is 11.8 Å². The van der Waals surface area contributed by atoms with Gasteiger partial charge in [-0.2, -0.15) is 0 Å². The Labute approximate surface area is 145 Å². The van der Waals surface area contributed by atoms with Gasteiger partial charge in [0, 0.05) is 37.1 Å². The van der Waals surface area contributed by atoms with Crippen LogP contribution in [0.1, 0.15) is 33.6 Å². The summed E-state index contributed by atoms with van der Waals surface area (Å²) in [6.07, 6.45) is 4.65. The Bertz CT molecular complexity index is 728. The van der Waals surface area contributed by atoms with Crippen LogP contribution in [0.4, 0.5) is 0 Å². The van der Waals surface area contributed by atoms with Crippen molar-refractivity contribution < 1.29 is 9.59 Å². The summed E-state index contributed by atoms with van der Waals surface area (Å²) < 4.78 is 0. The molecular formula is C18H18ClN3O2. The molecule has 1 saturated heterocycles. The van der Waals surface area contributed by atoms with Gasteiger partial charge < -0.3 is 10.2 Å². The summed E-state index contributed by atoms with van der Waals surface area (Å²) in [6.45, 7) is 1.21. The summed E-state index contributed by atoms with van der Waals surface area (Å²) in [6, 6.07) is 10.5. The Kier molecular flexibility index (Phi) is 5.11. The summed E-state index contributed by atoms with van der Waals surface area (Å²) in [7, 11) is 0. The van der Waals surface area contributed by atoms with Crippen LogP contribution < -0.4 is 5.32 Å². The van der Waals surface area contributed by atoms with Crippen molar-refractivity contribution in [1.29, 1.82) is 0 Å². The largest absolute Gasteiger partial charge is 0.349 e. The molecule has 1 aromatic heterocycles. The predicted molar refractivity (Wildman–Crippen MR) is 92.1 cm³/mol. The molecule has 6 heteroatoms. The maximum Gasteiger partial charge on any atom is 0.255 e. The first kappa shape index (κ1) is 16.5. The van der Waals surface area contributed by atoms with Gasteiger partial charge in [0.2, 0.25) is 0 Å². The standard InChI is InChI=1S/C18H18ClN3O2/c19-16-4-2-1-3-15(16)18(24)22-11-7-14(8-12-22)21-17(23)13-5-9-20-10-6-13/h1-6,9-10,14H,7-8,11-12H2,(H,21,23). The molecule has 0 spiro atoms. The van der Waals surface area contributed by atoms with Gasteiger partial charge in [-0.25, -0.2) is 0 Å². The van der Waals surface area contributed by atoms with Crippen LogP contribution in [0.25, 0.3) is 0 Å². The van der Waals surface area contributed by atoms with E-state index in [9.17, 15) is 9.59 Å². The average molecular weight is 344 g/mol. The Morgan fingerprint density at radius 2 is 1.75 bits per heavy atom. The number of nitrogens with one attached hydrogen (secondary N) is 1. The lowest BCUT2D eigenvalue weighted by Crippen LogP contribution is -2.46. The molecule has 1 N–H and O–H groups in total. The molecule has 3 rings (SSSR count). The minimum absolute atomic E-state index is 0.0560. The summed E-state index contributed by atoms with van der Waals surface area (Å²) in [5.41, 5.74) is 1.12. The van der Waals surface area contributed by atoms with Crippen LogP contribution in [0.15, 0.2) is 48.8 Å². The number of piperidine rings is 1. The van der Waals surface area contributed by atoms with E-state index >= 15 is 0 Å². The molecule has 24 heavy (non-hydrogen) atoms. The number of carbonyl (C=O) groups excluding carboxylic acids is 2. The molecule has 1 aliphatic heterocycles. The van der Waals surface area contributed by atoms with Gasteiger partial charge in [-0.05, 0) is 37.1 Å². The zero-order valence-corrected chi connectivity index (χ0v) is 13.9. The molecule has 0 aliphatic carbocycles. The summed E-state index contributed by atoms with van der Waals surface area (Å²) >= 11 is 6.09. The fourth-order valence-electron chi connectivity index (χ4n) is 2.80. The first-order chi connectivity index (χ1) is 11.6. The van der Waals surface area contributed by atoms with Crippen molar-refractivity contribution in [3.63, 3.8) is 0 Å². The Morgan fingerprint density at radius 3 is 2.42 bits per heavy atom. The molecule has 0 radical (unpaired) electrons. The number of halogens is 1. The number of amides is 2. The van der Waals surface area contributed by atoms with Crippen LogP contribution in [-0.2, 0) is 0 Å². The molecular weight excluding hydrogens is 326 g/mol. The van der Waals surface area contributed by atoms with Crippen molar-refractivity contribution in [2.75, 3.05) is 13.1 Å². The normalized spacial score (nSPS) is 15.1. The van der Waals surface area contributed by atoms with Gasteiger partial charge in [-0.3, -0.25) is 14.6 Å². The Hall–Kier alpha value is -2.40. The number of carbonyl (C=O) groups is 2. The second kappa shape index (κ2) is 7.45. The van der Waals surface area contributed by atoms with Crippen molar-refractivity contribution in [3.05, 3.63) is 64.9 Å². The first-order valence-electron chi connectivity index (χ1n) is 7.90. The number of aromatic nitrogens is 1. The van der Waals surface area contributed by atoms with E-state index in [1.54, 1.807) is 53.7 Å². The molecule has 1 fully saturated rings. The molecule has 1 aromatic carbocycles. The molecule has 124 valence electrons. The van der Waals surface area contributed by atoms with Gasteiger partial charge in [-0.15, -0.1) is 0 Å². The number of likely N-dealkylation sites (tertiary alicyclic amines) is 1. The van der Waals surface area contributed by atoms with Crippen molar-refractivity contribution in [3.8, 4) is 0 Å². The van der Waals surface area contributed by atoms with Gasteiger partial charge in [0.15, 0.2) is 0 Å². The maximum atomic E-state index is 12.5. The fraction of sp³-hybridized carbons (Fsp3) is 0.278. The molecule has 0 saturated carbocycles. The van der Waals surface area contributed by atoms with Crippen molar-refractivity contribution in [2.24, 2.45) is 0 Å². The van der Waals surface area contributed by atoms with Crippen molar-refractivity contribution in [2.45, 2.75) is 18.9 Å². The zero-order chi connectivity index (χ0) is 16.9. The van der Waals surface area contributed by atoms with Gasteiger partial charge >= 0.3 is 0 Å². The highest BCUT2D eigenvalue weighted by molar-refractivity contribution is 6.33. The highest BCUT2D eigenvalue weighted by Gasteiger charge is 2.25. The van der Waals surface area contributed by atoms with Crippen LogP contribution in [0, 0.1) is 0 Å². The van der Waals surface area contributed by atoms with Crippen LogP contribution >= 0.6 is 11.6 Å². The molecule has 5 nitrogen and oxygen atoms in total.